The number of hydrogen-bond acceptors (Lipinski definition) is 5. The van der Waals surface area contributed by atoms with Gasteiger partial charge in [0.1, 0.15) is 13.7 Å². The van der Waals surface area contributed by atoms with Gasteiger partial charge in [-0.3, -0.25) is 4.79 Å². The fraction of sp³-hybridized carbons (Fsp3) is 0.348. The lowest BCUT2D eigenvalue weighted by atomic mass is 10.0. The highest BCUT2D eigenvalue weighted by Crippen LogP contribution is 2.48. The zero-order chi connectivity index (χ0) is 23.3. The van der Waals surface area contributed by atoms with Crippen LogP contribution >= 0.6 is 0 Å². The molecule has 9 heteroatoms. The van der Waals surface area contributed by atoms with E-state index in [9.17, 15) is 18.0 Å². The molecule has 1 fully saturated rings. The standard InChI is InChI=1S/C23H24F3N3O3/c1-14(19-12-20(19)15-8-10-17(11-9-15)23(24,25)26)28-32-13-16-6-4-5-7-18(16)21(29-31-3)22(30)27-2/h4-11,19-20H,12-13H2,1-3H3,(H,27,30)/b28-14+,29-21-. The highest BCUT2D eigenvalue weighted by molar-refractivity contribution is 6.45. The molecular weight excluding hydrogens is 423 g/mol. The molecule has 1 amide bonds. The Bertz CT molecular complexity index is 1020. The Labute approximate surface area is 184 Å². The quantitative estimate of drug-likeness (QED) is 0.479. The molecule has 6 nitrogen and oxygen atoms in total. The van der Waals surface area contributed by atoms with Gasteiger partial charge in [0.05, 0.1) is 11.3 Å². The van der Waals surface area contributed by atoms with Gasteiger partial charge in [0, 0.05) is 24.1 Å². The summed E-state index contributed by atoms with van der Waals surface area (Å²) < 4.78 is 38.2. The van der Waals surface area contributed by atoms with Crippen LogP contribution in [0.3, 0.4) is 0 Å². The molecule has 0 aliphatic heterocycles. The van der Waals surface area contributed by atoms with Crippen LogP contribution in [0.2, 0.25) is 0 Å². The summed E-state index contributed by atoms with van der Waals surface area (Å²) >= 11 is 0. The van der Waals surface area contributed by atoms with Gasteiger partial charge < -0.3 is 15.0 Å². The van der Waals surface area contributed by atoms with E-state index in [-0.39, 0.29) is 24.2 Å². The van der Waals surface area contributed by atoms with E-state index in [4.69, 9.17) is 9.68 Å². The third-order valence-electron chi connectivity index (χ3n) is 5.32. The Morgan fingerprint density at radius 2 is 1.81 bits per heavy atom. The van der Waals surface area contributed by atoms with E-state index >= 15 is 0 Å². The number of halogens is 3. The summed E-state index contributed by atoms with van der Waals surface area (Å²) in [5.41, 5.74) is 2.37. The van der Waals surface area contributed by atoms with Crippen molar-refractivity contribution in [1.29, 1.82) is 0 Å². The largest absolute Gasteiger partial charge is 0.416 e. The summed E-state index contributed by atoms with van der Waals surface area (Å²) in [5, 5.41) is 10.5. The first-order valence-electron chi connectivity index (χ1n) is 10.0. The Hall–Kier alpha value is -3.36. The summed E-state index contributed by atoms with van der Waals surface area (Å²) in [7, 11) is 2.86. The molecule has 1 N–H and O–H groups in total. The van der Waals surface area contributed by atoms with Crippen molar-refractivity contribution in [2.45, 2.75) is 32.0 Å². The lowest BCUT2D eigenvalue weighted by Crippen LogP contribution is -2.29. The van der Waals surface area contributed by atoms with Gasteiger partial charge in [0.15, 0.2) is 5.71 Å². The molecule has 2 atom stereocenters. The molecule has 2 unspecified atom stereocenters. The van der Waals surface area contributed by atoms with Gasteiger partial charge in [-0.2, -0.15) is 13.2 Å². The second-order valence-electron chi connectivity index (χ2n) is 7.43. The Kier molecular flexibility index (Phi) is 7.17. The first-order valence-corrected chi connectivity index (χ1v) is 10.0. The third-order valence-corrected chi connectivity index (χ3v) is 5.32. The summed E-state index contributed by atoms with van der Waals surface area (Å²) in [6, 6.07) is 12.4. The fourth-order valence-electron chi connectivity index (χ4n) is 3.52. The van der Waals surface area contributed by atoms with Crippen molar-refractivity contribution in [1.82, 2.24) is 5.32 Å². The summed E-state index contributed by atoms with van der Waals surface area (Å²) in [4.78, 5) is 22.4. The minimum absolute atomic E-state index is 0.116. The van der Waals surface area contributed by atoms with Gasteiger partial charge in [-0.25, -0.2) is 0 Å². The molecular formula is C23H24F3N3O3. The first kappa shape index (κ1) is 23.3. The number of hydrogen-bond donors (Lipinski definition) is 1. The fourth-order valence-corrected chi connectivity index (χ4v) is 3.52. The van der Waals surface area contributed by atoms with Gasteiger partial charge in [0.25, 0.3) is 5.91 Å². The summed E-state index contributed by atoms with van der Waals surface area (Å²) in [5.74, 6) is -0.139. The summed E-state index contributed by atoms with van der Waals surface area (Å²) in [6.07, 6.45) is -3.53. The van der Waals surface area contributed by atoms with Crippen LogP contribution in [-0.4, -0.2) is 31.5 Å². The van der Waals surface area contributed by atoms with Crippen molar-refractivity contribution in [2.24, 2.45) is 16.2 Å². The predicted octanol–water partition coefficient (Wildman–Crippen LogP) is 4.50. The molecule has 0 heterocycles. The van der Waals surface area contributed by atoms with E-state index in [1.807, 2.05) is 13.0 Å². The minimum atomic E-state index is -4.34. The average Bonchev–Trinajstić information content (AvgIpc) is 3.58. The van der Waals surface area contributed by atoms with Gasteiger partial charge in [-0.15, -0.1) is 0 Å². The molecule has 0 radical (unpaired) electrons. The highest BCUT2D eigenvalue weighted by atomic mass is 19.4. The Balaban J connectivity index is 1.64. The molecule has 2 aromatic rings. The third kappa shape index (κ3) is 5.46. The normalized spacial score (nSPS) is 18.8. The van der Waals surface area contributed by atoms with Crippen molar-refractivity contribution in [2.75, 3.05) is 14.2 Å². The van der Waals surface area contributed by atoms with E-state index in [0.717, 1.165) is 29.8 Å². The monoisotopic (exact) mass is 447 g/mol. The number of carbonyl (C=O) groups is 1. The zero-order valence-electron chi connectivity index (χ0n) is 17.9. The number of nitrogens with zero attached hydrogens (tertiary/aromatic N) is 2. The zero-order valence-corrected chi connectivity index (χ0v) is 17.9. The van der Waals surface area contributed by atoms with E-state index in [1.54, 1.807) is 18.2 Å². The van der Waals surface area contributed by atoms with Crippen molar-refractivity contribution < 1.29 is 27.6 Å². The van der Waals surface area contributed by atoms with Crippen molar-refractivity contribution in [3.8, 4) is 0 Å². The van der Waals surface area contributed by atoms with Gasteiger partial charge >= 0.3 is 6.18 Å². The maximum Gasteiger partial charge on any atom is 0.416 e. The number of rotatable bonds is 8. The molecule has 0 spiro atoms. The van der Waals surface area contributed by atoms with Crippen LogP contribution in [0.25, 0.3) is 0 Å². The van der Waals surface area contributed by atoms with Crippen LogP contribution in [0, 0.1) is 5.92 Å². The Morgan fingerprint density at radius 1 is 1.12 bits per heavy atom. The summed E-state index contributed by atoms with van der Waals surface area (Å²) in [6.45, 7) is 1.95. The van der Waals surface area contributed by atoms with E-state index in [1.165, 1.54) is 26.3 Å². The molecule has 1 aliphatic carbocycles. The average molecular weight is 447 g/mol. The molecule has 2 aromatic carbocycles. The van der Waals surface area contributed by atoms with Crippen LogP contribution < -0.4 is 5.32 Å². The maximum atomic E-state index is 12.7. The molecule has 0 aromatic heterocycles. The number of nitrogens with one attached hydrogen (secondary N) is 1. The number of carbonyl (C=O) groups excluding carboxylic acids is 1. The van der Waals surface area contributed by atoms with Gasteiger partial charge in [-0.1, -0.05) is 46.7 Å². The van der Waals surface area contributed by atoms with Crippen LogP contribution in [0.15, 0.2) is 58.8 Å². The van der Waals surface area contributed by atoms with Crippen LogP contribution in [-0.2, 0) is 27.3 Å². The molecule has 170 valence electrons. The number of alkyl halides is 3. The van der Waals surface area contributed by atoms with Crippen LogP contribution in [0.4, 0.5) is 13.2 Å². The molecule has 1 saturated carbocycles. The number of likely N-dealkylation sites (N-methyl/N-ethyl adjacent to an activating group) is 1. The van der Waals surface area contributed by atoms with E-state index in [2.05, 4.69) is 15.6 Å². The number of amides is 1. The molecule has 3 rings (SSSR count). The predicted molar refractivity (Wildman–Crippen MR) is 114 cm³/mol. The van der Waals surface area contributed by atoms with E-state index < -0.39 is 17.6 Å². The molecule has 1 aliphatic rings. The van der Waals surface area contributed by atoms with Gasteiger partial charge in [-0.05, 0) is 37.0 Å². The second-order valence-corrected chi connectivity index (χ2v) is 7.43. The topological polar surface area (TPSA) is 72.3 Å². The van der Waals surface area contributed by atoms with Crippen molar-refractivity contribution >= 4 is 17.3 Å². The number of oxime groups is 2. The van der Waals surface area contributed by atoms with Crippen molar-refractivity contribution in [3.05, 3.63) is 70.8 Å². The second kappa shape index (κ2) is 9.84. The van der Waals surface area contributed by atoms with Crippen LogP contribution in [0.1, 0.15) is 41.5 Å². The highest BCUT2D eigenvalue weighted by Gasteiger charge is 2.41. The lowest BCUT2D eigenvalue weighted by Gasteiger charge is -2.10. The SMILES string of the molecule is CNC(=O)/C(=N\OC)c1ccccc1CO/N=C(\C)C1CC1c1ccc(C(F)(F)F)cc1. The van der Waals surface area contributed by atoms with Crippen LogP contribution in [0.5, 0.6) is 0 Å². The van der Waals surface area contributed by atoms with Crippen molar-refractivity contribution in [3.63, 3.8) is 0 Å². The van der Waals surface area contributed by atoms with E-state index in [0.29, 0.717) is 11.1 Å². The first-order chi connectivity index (χ1) is 15.3. The van der Waals surface area contributed by atoms with Gasteiger partial charge in [0.2, 0.25) is 0 Å². The molecule has 0 bridgehead atoms. The minimum Gasteiger partial charge on any atom is -0.398 e. The Morgan fingerprint density at radius 3 is 2.44 bits per heavy atom. The lowest BCUT2D eigenvalue weighted by molar-refractivity contribution is -0.137. The smallest absolute Gasteiger partial charge is 0.398 e. The maximum absolute atomic E-state index is 12.7. The molecule has 0 saturated heterocycles. The molecule has 32 heavy (non-hydrogen) atoms. The number of benzene rings is 2.